The lowest BCUT2D eigenvalue weighted by Crippen LogP contribution is -2.39. The van der Waals surface area contributed by atoms with Gasteiger partial charge in [-0.25, -0.2) is 0 Å². The van der Waals surface area contributed by atoms with Crippen LogP contribution in [0.15, 0.2) is 12.3 Å². The first-order valence-electron chi connectivity index (χ1n) is 7.75. The Labute approximate surface area is 121 Å². The average Bonchev–Trinajstić information content (AvgIpc) is 2.85. The highest BCUT2D eigenvalue weighted by molar-refractivity contribution is 5.82. The largest absolute Gasteiger partial charge is 0.305 e. The molecule has 1 heterocycles. The minimum atomic E-state index is -0.0167. The zero-order valence-electron chi connectivity index (χ0n) is 13.0. The van der Waals surface area contributed by atoms with Gasteiger partial charge in [0.15, 0.2) is 5.78 Å². The van der Waals surface area contributed by atoms with Crippen LogP contribution in [0.1, 0.15) is 64.6 Å². The summed E-state index contributed by atoms with van der Waals surface area (Å²) >= 11 is 0. The molecule has 4 heteroatoms. The molecule has 0 atom stereocenters. The zero-order chi connectivity index (χ0) is 14.6. The van der Waals surface area contributed by atoms with Crippen LogP contribution in [-0.4, -0.2) is 27.6 Å². The van der Waals surface area contributed by atoms with Crippen molar-refractivity contribution in [1.29, 1.82) is 0 Å². The first-order chi connectivity index (χ1) is 9.44. The fourth-order valence-corrected chi connectivity index (χ4v) is 2.65. The Kier molecular flexibility index (Phi) is 4.97. The molecule has 112 valence electrons. The van der Waals surface area contributed by atoms with Gasteiger partial charge in [-0.2, -0.15) is 5.10 Å². The van der Waals surface area contributed by atoms with Crippen LogP contribution in [0, 0.1) is 0 Å². The van der Waals surface area contributed by atoms with E-state index in [2.05, 4.69) is 35.9 Å². The molecule has 1 aromatic heterocycles. The molecule has 20 heavy (non-hydrogen) atoms. The average molecular weight is 277 g/mol. The molecule has 4 nitrogen and oxygen atoms in total. The van der Waals surface area contributed by atoms with Gasteiger partial charge in [-0.1, -0.05) is 19.3 Å². The third-order valence-corrected chi connectivity index (χ3v) is 3.81. The van der Waals surface area contributed by atoms with Crippen LogP contribution in [0.4, 0.5) is 0 Å². The number of hydrogen-bond donors (Lipinski definition) is 1. The second kappa shape index (κ2) is 6.53. The lowest BCUT2D eigenvalue weighted by molar-refractivity contribution is -0.117. The number of hydrogen-bond acceptors (Lipinski definition) is 3. The molecule has 1 aromatic rings. The highest BCUT2D eigenvalue weighted by atomic mass is 16.1. The standard InChI is InChI=1S/C16H27N3O/c1-16(2,3)17-12-15(20)11-13-9-10-19(18-13)14-7-5-4-6-8-14/h9-10,14,17H,4-8,11-12H2,1-3H3. The van der Waals surface area contributed by atoms with E-state index in [1.807, 2.05) is 12.3 Å². The molecule has 1 aliphatic carbocycles. The minimum Gasteiger partial charge on any atom is -0.305 e. The highest BCUT2D eigenvalue weighted by Crippen LogP contribution is 2.27. The molecule has 0 spiro atoms. The van der Waals surface area contributed by atoms with E-state index in [4.69, 9.17) is 0 Å². The van der Waals surface area contributed by atoms with E-state index in [9.17, 15) is 4.79 Å². The fourth-order valence-electron chi connectivity index (χ4n) is 2.65. The summed E-state index contributed by atoms with van der Waals surface area (Å²) in [7, 11) is 0. The van der Waals surface area contributed by atoms with Gasteiger partial charge in [0, 0.05) is 11.7 Å². The number of ketones is 1. The van der Waals surface area contributed by atoms with Crippen LogP contribution >= 0.6 is 0 Å². The maximum Gasteiger partial charge on any atom is 0.152 e. The Hall–Kier alpha value is -1.16. The second-order valence-corrected chi connectivity index (χ2v) is 6.90. The predicted octanol–water partition coefficient (Wildman–Crippen LogP) is 2.89. The lowest BCUT2D eigenvalue weighted by Gasteiger charge is -2.21. The molecular formula is C16H27N3O. The summed E-state index contributed by atoms with van der Waals surface area (Å²) in [5.41, 5.74) is 0.883. The van der Waals surface area contributed by atoms with E-state index < -0.39 is 0 Å². The van der Waals surface area contributed by atoms with E-state index >= 15 is 0 Å². The van der Waals surface area contributed by atoms with Crippen LogP contribution in [-0.2, 0) is 11.2 Å². The molecule has 1 saturated carbocycles. The van der Waals surface area contributed by atoms with Gasteiger partial charge >= 0.3 is 0 Å². The zero-order valence-corrected chi connectivity index (χ0v) is 13.0. The van der Waals surface area contributed by atoms with Gasteiger partial charge in [-0.15, -0.1) is 0 Å². The van der Waals surface area contributed by atoms with Gasteiger partial charge in [0.2, 0.25) is 0 Å². The van der Waals surface area contributed by atoms with Crippen LogP contribution in [0.25, 0.3) is 0 Å². The van der Waals surface area contributed by atoms with E-state index in [0.29, 0.717) is 19.0 Å². The van der Waals surface area contributed by atoms with Crippen molar-refractivity contribution in [1.82, 2.24) is 15.1 Å². The number of Topliss-reactive ketones (excluding diaryl/α,β-unsaturated/α-hetero) is 1. The third kappa shape index (κ3) is 4.75. The normalized spacial score (nSPS) is 17.4. The fraction of sp³-hybridized carbons (Fsp3) is 0.750. The van der Waals surface area contributed by atoms with E-state index in [-0.39, 0.29) is 11.3 Å². The second-order valence-electron chi connectivity index (χ2n) is 6.90. The Morgan fingerprint density at radius 1 is 1.35 bits per heavy atom. The molecule has 1 N–H and O–H groups in total. The summed E-state index contributed by atoms with van der Waals surface area (Å²) < 4.78 is 2.07. The summed E-state index contributed by atoms with van der Waals surface area (Å²) in [4.78, 5) is 11.9. The van der Waals surface area contributed by atoms with Gasteiger partial charge in [-0.3, -0.25) is 9.48 Å². The predicted molar refractivity (Wildman–Crippen MR) is 80.8 cm³/mol. The van der Waals surface area contributed by atoms with Crippen molar-refractivity contribution >= 4 is 5.78 Å². The monoisotopic (exact) mass is 277 g/mol. The molecule has 0 bridgehead atoms. The molecule has 0 saturated heterocycles. The quantitative estimate of drug-likeness (QED) is 0.900. The molecular weight excluding hydrogens is 250 g/mol. The summed E-state index contributed by atoms with van der Waals surface area (Å²) in [6.07, 6.45) is 8.87. The maximum atomic E-state index is 11.9. The summed E-state index contributed by atoms with van der Waals surface area (Å²) in [6.45, 7) is 6.62. The number of nitrogens with zero attached hydrogens (tertiary/aromatic N) is 2. The van der Waals surface area contributed by atoms with E-state index in [1.54, 1.807) is 0 Å². The molecule has 0 unspecified atom stereocenters. The maximum absolute atomic E-state index is 11.9. The Balaban J connectivity index is 1.84. The first-order valence-corrected chi connectivity index (χ1v) is 7.75. The summed E-state index contributed by atoms with van der Waals surface area (Å²) in [6, 6.07) is 2.53. The lowest BCUT2D eigenvalue weighted by atomic mass is 9.96. The number of aromatic nitrogens is 2. The van der Waals surface area contributed by atoms with Crippen molar-refractivity contribution in [2.75, 3.05) is 6.54 Å². The molecule has 0 aromatic carbocycles. The molecule has 1 aliphatic rings. The van der Waals surface area contributed by atoms with Crippen LogP contribution in [0.3, 0.4) is 0 Å². The van der Waals surface area contributed by atoms with Gasteiger partial charge in [0.25, 0.3) is 0 Å². The Morgan fingerprint density at radius 2 is 2.05 bits per heavy atom. The van der Waals surface area contributed by atoms with E-state index in [1.165, 1.54) is 32.1 Å². The van der Waals surface area contributed by atoms with Crippen molar-refractivity contribution < 1.29 is 4.79 Å². The van der Waals surface area contributed by atoms with Gasteiger partial charge < -0.3 is 5.32 Å². The summed E-state index contributed by atoms with van der Waals surface area (Å²) in [5, 5.41) is 7.81. The van der Waals surface area contributed by atoms with Crippen molar-refractivity contribution in [2.24, 2.45) is 0 Å². The molecule has 0 amide bonds. The molecule has 0 radical (unpaired) electrons. The van der Waals surface area contributed by atoms with Crippen molar-refractivity contribution in [3.63, 3.8) is 0 Å². The number of rotatable bonds is 5. The Morgan fingerprint density at radius 3 is 2.70 bits per heavy atom. The van der Waals surface area contributed by atoms with Crippen molar-refractivity contribution in [2.45, 2.75) is 70.9 Å². The first kappa shape index (κ1) is 15.2. The van der Waals surface area contributed by atoms with Gasteiger partial charge in [0.1, 0.15) is 0 Å². The van der Waals surface area contributed by atoms with Crippen LogP contribution < -0.4 is 5.32 Å². The number of carbonyl (C=O) groups is 1. The topological polar surface area (TPSA) is 46.9 Å². The molecule has 0 aliphatic heterocycles. The number of nitrogens with one attached hydrogen (secondary N) is 1. The summed E-state index contributed by atoms with van der Waals surface area (Å²) in [5.74, 6) is 0.203. The van der Waals surface area contributed by atoms with Gasteiger partial charge in [-0.05, 0) is 39.7 Å². The highest BCUT2D eigenvalue weighted by Gasteiger charge is 2.17. The van der Waals surface area contributed by atoms with Gasteiger partial charge in [0.05, 0.1) is 24.7 Å². The van der Waals surface area contributed by atoms with Crippen LogP contribution in [0.5, 0.6) is 0 Å². The smallest absolute Gasteiger partial charge is 0.152 e. The third-order valence-electron chi connectivity index (χ3n) is 3.81. The SMILES string of the molecule is CC(C)(C)NCC(=O)Cc1ccn(C2CCCCC2)n1. The van der Waals surface area contributed by atoms with E-state index in [0.717, 1.165) is 5.69 Å². The van der Waals surface area contributed by atoms with Crippen molar-refractivity contribution in [3.05, 3.63) is 18.0 Å². The van der Waals surface area contributed by atoms with Crippen molar-refractivity contribution in [3.8, 4) is 0 Å². The number of carbonyl (C=O) groups excluding carboxylic acids is 1. The Bertz CT molecular complexity index is 439. The van der Waals surface area contributed by atoms with Crippen LogP contribution in [0.2, 0.25) is 0 Å². The molecule has 2 rings (SSSR count). The minimum absolute atomic E-state index is 0.0167. The molecule has 1 fully saturated rings.